The Morgan fingerprint density at radius 3 is 2.30 bits per heavy atom. The van der Waals surface area contributed by atoms with E-state index in [1.54, 1.807) is 37.3 Å². The predicted octanol–water partition coefficient (Wildman–Crippen LogP) is 5.32. The van der Waals surface area contributed by atoms with Gasteiger partial charge in [-0.05, 0) is 64.7 Å². The number of benzene rings is 2. The zero-order valence-electron chi connectivity index (χ0n) is 17.1. The molecular formula is C22H25BrCl2N2O3. The molecule has 30 heavy (non-hydrogen) atoms. The molecule has 2 amide bonds. The van der Waals surface area contributed by atoms with Gasteiger partial charge in [-0.15, -0.1) is 0 Å². The van der Waals surface area contributed by atoms with Crippen molar-refractivity contribution in [2.75, 3.05) is 13.2 Å². The zero-order valence-corrected chi connectivity index (χ0v) is 20.2. The Balaban J connectivity index is 2.14. The molecule has 0 fully saturated rings. The van der Waals surface area contributed by atoms with Gasteiger partial charge < -0.3 is 15.0 Å². The van der Waals surface area contributed by atoms with E-state index in [0.717, 1.165) is 5.56 Å². The number of hydrogen-bond acceptors (Lipinski definition) is 3. The Morgan fingerprint density at radius 2 is 1.70 bits per heavy atom. The molecule has 8 heteroatoms. The lowest BCUT2D eigenvalue weighted by atomic mass is 10.1. The van der Waals surface area contributed by atoms with Crippen molar-refractivity contribution in [3.05, 3.63) is 62.5 Å². The highest BCUT2D eigenvalue weighted by Gasteiger charge is 2.26. The smallest absolute Gasteiger partial charge is 0.261 e. The van der Waals surface area contributed by atoms with Crippen LogP contribution in [0.1, 0.15) is 26.3 Å². The van der Waals surface area contributed by atoms with Crippen molar-refractivity contribution in [2.45, 2.75) is 33.4 Å². The number of ether oxygens (including phenoxy) is 1. The van der Waals surface area contributed by atoms with Crippen molar-refractivity contribution in [1.29, 1.82) is 0 Å². The van der Waals surface area contributed by atoms with Crippen molar-refractivity contribution in [1.82, 2.24) is 10.2 Å². The summed E-state index contributed by atoms with van der Waals surface area (Å²) in [4.78, 5) is 27.1. The van der Waals surface area contributed by atoms with Gasteiger partial charge in [0, 0.05) is 23.1 Å². The van der Waals surface area contributed by atoms with Gasteiger partial charge in [-0.25, -0.2) is 0 Å². The predicted molar refractivity (Wildman–Crippen MR) is 124 cm³/mol. The second-order valence-corrected chi connectivity index (χ2v) is 9.05. The van der Waals surface area contributed by atoms with Gasteiger partial charge in [-0.1, -0.05) is 49.2 Å². The van der Waals surface area contributed by atoms with E-state index < -0.39 is 6.04 Å². The van der Waals surface area contributed by atoms with E-state index >= 15 is 0 Å². The van der Waals surface area contributed by atoms with E-state index in [1.165, 1.54) is 4.90 Å². The molecule has 0 aliphatic carbocycles. The fraction of sp³-hybridized carbons (Fsp3) is 0.364. The van der Waals surface area contributed by atoms with E-state index in [1.807, 2.05) is 26.0 Å². The van der Waals surface area contributed by atoms with Crippen LogP contribution in [0, 0.1) is 5.92 Å². The molecule has 0 aliphatic rings. The Labute approximate surface area is 195 Å². The minimum absolute atomic E-state index is 0.210. The molecule has 0 saturated carbocycles. The molecule has 0 radical (unpaired) electrons. The highest BCUT2D eigenvalue weighted by atomic mass is 79.9. The molecule has 0 spiro atoms. The van der Waals surface area contributed by atoms with Crippen molar-refractivity contribution in [3.8, 4) is 5.75 Å². The second kappa shape index (κ2) is 11.6. The Hall–Kier alpha value is -1.76. The third-order valence-corrected chi connectivity index (χ3v) is 5.47. The molecule has 5 nitrogen and oxygen atoms in total. The first-order valence-electron chi connectivity index (χ1n) is 9.57. The van der Waals surface area contributed by atoms with Crippen LogP contribution < -0.4 is 10.1 Å². The van der Waals surface area contributed by atoms with Gasteiger partial charge >= 0.3 is 0 Å². The monoisotopic (exact) mass is 514 g/mol. The van der Waals surface area contributed by atoms with Gasteiger partial charge in [0.25, 0.3) is 5.91 Å². The van der Waals surface area contributed by atoms with Crippen LogP contribution in [0.5, 0.6) is 5.75 Å². The molecule has 1 N–H and O–H groups in total. The molecule has 2 aromatic carbocycles. The van der Waals surface area contributed by atoms with E-state index in [-0.39, 0.29) is 25.0 Å². The quantitative estimate of drug-likeness (QED) is 0.491. The number of amides is 2. The Kier molecular flexibility index (Phi) is 9.46. The number of nitrogens with zero attached hydrogens (tertiary/aromatic N) is 1. The molecule has 2 rings (SSSR count). The van der Waals surface area contributed by atoms with E-state index in [2.05, 4.69) is 21.2 Å². The van der Waals surface area contributed by atoms with Crippen LogP contribution in [0.3, 0.4) is 0 Å². The van der Waals surface area contributed by atoms with Crippen LogP contribution >= 0.6 is 39.1 Å². The van der Waals surface area contributed by atoms with Gasteiger partial charge in [-0.2, -0.15) is 0 Å². The summed E-state index contributed by atoms with van der Waals surface area (Å²) >= 11 is 15.3. The number of rotatable bonds is 9. The highest BCUT2D eigenvalue weighted by molar-refractivity contribution is 9.10. The van der Waals surface area contributed by atoms with Gasteiger partial charge in [0.1, 0.15) is 11.8 Å². The standard InChI is InChI=1S/C22H25BrCl2N2O3/c1-14(2)11-26-22(29)15(3)27(12-16-4-6-17(24)7-5-16)21(28)13-30-20-9-8-18(25)10-19(20)23/h4-10,14-15H,11-13H2,1-3H3,(H,26,29). The van der Waals surface area contributed by atoms with Crippen molar-refractivity contribution >= 4 is 50.9 Å². The molecule has 0 aliphatic heterocycles. The molecule has 0 heterocycles. The molecule has 0 saturated heterocycles. The van der Waals surface area contributed by atoms with E-state index in [9.17, 15) is 9.59 Å². The van der Waals surface area contributed by atoms with Crippen molar-refractivity contribution in [2.24, 2.45) is 5.92 Å². The first-order chi connectivity index (χ1) is 14.2. The van der Waals surface area contributed by atoms with Crippen LogP contribution in [-0.2, 0) is 16.1 Å². The normalized spacial score (nSPS) is 11.8. The topological polar surface area (TPSA) is 58.6 Å². The fourth-order valence-electron chi connectivity index (χ4n) is 2.64. The van der Waals surface area contributed by atoms with Crippen LogP contribution in [0.25, 0.3) is 0 Å². The average molecular weight is 516 g/mol. The summed E-state index contributed by atoms with van der Waals surface area (Å²) in [7, 11) is 0. The van der Waals surface area contributed by atoms with Crippen molar-refractivity contribution < 1.29 is 14.3 Å². The zero-order chi connectivity index (χ0) is 22.3. The van der Waals surface area contributed by atoms with E-state index in [4.69, 9.17) is 27.9 Å². The number of hydrogen-bond donors (Lipinski definition) is 1. The minimum atomic E-state index is -0.663. The summed E-state index contributed by atoms with van der Waals surface area (Å²) in [5.74, 6) is 0.293. The first kappa shape index (κ1) is 24.5. The van der Waals surface area contributed by atoms with Gasteiger partial charge in [0.2, 0.25) is 5.91 Å². The maximum atomic E-state index is 13.0. The lowest BCUT2D eigenvalue weighted by Gasteiger charge is -2.29. The molecule has 1 atom stereocenters. The number of nitrogens with one attached hydrogen (secondary N) is 1. The second-order valence-electron chi connectivity index (χ2n) is 7.33. The fourth-order valence-corrected chi connectivity index (χ4v) is 3.56. The Morgan fingerprint density at radius 1 is 1.07 bits per heavy atom. The van der Waals surface area contributed by atoms with Crippen LogP contribution in [0.2, 0.25) is 10.0 Å². The van der Waals surface area contributed by atoms with Crippen LogP contribution in [-0.4, -0.2) is 35.9 Å². The summed E-state index contributed by atoms with van der Waals surface area (Å²) in [6, 6.07) is 11.6. The van der Waals surface area contributed by atoms with Gasteiger partial charge in [-0.3, -0.25) is 9.59 Å². The van der Waals surface area contributed by atoms with Gasteiger partial charge in [0.05, 0.1) is 4.47 Å². The summed E-state index contributed by atoms with van der Waals surface area (Å²) in [6.07, 6.45) is 0. The number of carbonyl (C=O) groups is 2. The highest BCUT2D eigenvalue weighted by Crippen LogP contribution is 2.28. The SMILES string of the molecule is CC(C)CNC(=O)C(C)N(Cc1ccc(Cl)cc1)C(=O)COc1ccc(Cl)cc1Br. The molecule has 2 aromatic rings. The third-order valence-electron chi connectivity index (χ3n) is 4.36. The molecule has 0 bridgehead atoms. The van der Waals surface area contributed by atoms with Crippen molar-refractivity contribution in [3.63, 3.8) is 0 Å². The molecular weight excluding hydrogens is 491 g/mol. The summed E-state index contributed by atoms with van der Waals surface area (Å²) in [5.41, 5.74) is 0.865. The average Bonchev–Trinajstić information content (AvgIpc) is 2.70. The summed E-state index contributed by atoms with van der Waals surface area (Å²) < 4.78 is 6.32. The lowest BCUT2D eigenvalue weighted by molar-refractivity contribution is -0.142. The molecule has 1 unspecified atom stereocenters. The lowest BCUT2D eigenvalue weighted by Crippen LogP contribution is -2.49. The van der Waals surface area contributed by atoms with E-state index in [0.29, 0.717) is 32.7 Å². The first-order valence-corrected chi connectivity index (χ1v) is 11.1. The third kappa shape index (κ3) is 7.49. The molecule has 0 aromatic heterocycles. The van der Waals surface area contributed by atoms with Gasteiger partial charge in [0.15, 0.2) is 6.61 Å². The maximum absolute atomic E-state index is 13.0. The van der Waals surface area contributed by atoms with Crippen LogP contribution in [0.4, 0.5) is 0 Å². The number of halogens is 3. The number of carbonyl (C=O) groups excluding carboxylic acids is 2. The maximum Gasteiger partial charge on any atom is 0.261 e. The summed E-state index contributed by atoms with van der Waals surface area (Å²) in [6.45, 7) is 6.33. The largest absolute Gasteiger partial charge is 0.483 e. The van der Waals surface area contributed by atoms with Crippen LogP contribution in [0.15, 0.2) is 46.9 Å². The minimum Gasteiger partial charge on any atom is -0.483 e. The Bertz CT molecular complexity index is 875. The summed E-state index contributed by atoms with van der Waals surface area (Å²) in [5, 5.41) is 4.05. The molecule has 162 valence electrons.